The van der Waals surface area contributed by atoms with Gasteiger partial charge < -0.3 is 11.1 Å². The molecule has 0 saturated heterocycles. The van der Waals surface area contributed by atoms with Crippen molar-refractivity contribution in [1.29, 1.82) is 0 Å². The maximum absolute atomic E-state index is 12.6. The second-order valence-electron chi connectivity index (χ2n) is 7.18. The van der Waals surface area contributed by atoms with Gasteiger partial charge in [-0.3, -0.25) is 4.79 Å². The van der Waals surface area contributed by atoms with Gasteiger partial charge in [0.2, 0.25) is 0 Å². The number of fused-ring (bicyclic) bond motifs is 1. The molecule has 1 aromatic carbocycles. The Morgan fingerprint density at radius 1 is 1.19 bits per heavy atom. The molecule has 0 aliphatic heterocycles. The lowest BCUT2D eigenvalue weighted by molar-refractivity contribution is -0.0663. The van der Waals surface area contributed by atoms with E-state index in [1.54, 1.807) is 0 Å². The van der Waals surface area contributed by atoms with Crippen LogP contribution in [-0.2, 0) is 0 Å². The van der Waals surface area contributed by atoms with Gasteiger partial charge in [-0.2, -0.15) is 0 Å². The molecule has 4 heteroatoms. The Kier molecular flexibility index (Phi) is 3.15. The van der Waals surface area contributed by atoms with Crippen molar-refractivity contribution < 1.29 is 4.79 Å². The van der Waals surface area contributed by atoms with E-state index in [1.165, 1.54) is 11.3 Å². The molecule has 0 atom stereocenters. The highest BCUT2D eigenvalue weighted by molar-refractivity contribution is 7.20. The summed E-state index contributed by atoms with van der Waals surface area (Å²) >= 11 is 1.54. The third-order valence-electron chi connectivity index (χ3n) is 5.02. The molecule has 1 amide bonds. The molecule has 3 rings (SSSR count). The molecule has 0 unspecified atom stereocenters. The molecule has 112 valence electrons. The normalized spacial score (nSPS) is 26.3. The van der Waals surface area contributed by atoms with E-state index in [-0.39, 0.29) is 28.8 Å². The molecule has 2 aromatic rings. The van der Waals surface area contributed by atoms with Crippen LogP contribution in [0.4, 0.5) is 0 Å². The predicted octanol–water partition coefficient (Wildman–Crippen LogP) is 3.39. The lowest BCUT2D eigenvalue weighted by Crippen LogP contribution is -2.76. The molecule has 1 aliphatic rings. The summed E-state index contributed by atoms with van der Waals surface area (Å²) in [6, 6.07) is 10.2. The van der Waals surface area contributed by atoms with Crippen molar-refractivity contribution in [3.8, 4) is 0 Å². The van der Waals surface area contributed by atoms with Gasteiger partial charge >= 0.3 is 0 Å². The van der Waals surface area contributed by atoms with Gasteiger partial charge in [-0.1, -0.05) is 45.9 Å². The zero-order chi connectivity index (χ0) is 15.4. The van der Waals surface area contributed by atoms with Crippen LogP contribution in [0.15, 0.2) is 30.3 Å². The number of rotatable bonds is 2. The quantitative estimate of drug-likeness (QED) is 0.893. The Bertz CT molecular complexity index is 653. The maximum atomic E-state index is 12.6. The average Bonchev–Trinajstić information content (AvgIpc) is 2.87. The minimum Gasteiger partial charge on any atom is -0.347 e. The van der Waals surface area contributed by atoms with Crippen LogP contribution in [0.2, 0.25) is 0 Å². The van der Waals surface area contributed by atoms with Crippen LogP contribution in [0, 0.1) is 10.8 Å². The molecule has 1 saturated carbocycles. The minimum atomic E-state index is -0.0736. The van der Waals surface area contributed by atoms with Crippen LogP contribution in [-0.4, -0.2) is 18.0 Å². The minimum absolute atomic E-state index is 0.00856. The van der Waals surface area contributed by atoms with Gasteiger partial charge in [-0.15, -0.1) is 11.3 Å². The van der Waals surface area contributed by atoms with E-state index in [9.17, 15) is 4.79 Å². The monoisotopic (exact) mass is 302 g/mol. The van der Waals surface area contributed by atoms with Crippen molar-refractivity contribution in [2.75, 3.05) is 0 Å². The average molecular weight is 302 g/mol. The van der Waals surface area contributed by atoms with Crippen LogP contribution in [0.3, 0.4) is 0 Å². The summed E-state index contributed by atoms with van der Waals surface area (Å²) in [6.45, 7) is 8.50. The molecule has 1 fully saturated rings. The zero-order valence-corrected chi connectivity index (χ0v) is 13.8. The Hall–Kier alpha value is -1.39. The van der Waals surface area contributed by atoms with E-state index in [2.05, 4.69) is 33.0 Å². The Morgan fingerprint density at radius 3 is 2.43 bits per heavy atom. The van der Waals surface area contributed by atoms with Gasteiger partial charge in [-0.05, 0) is 17.5 Å². The van der Waals surface area contributed by atoms with E-state index < -0.39 is 0 Å². The van der Waals surface area contributed by atoms with Crippen LogP contribution < -0.4 is 11.1 Å². The summed E-state index contributed by atoms with van der Waals surface area (Å²) in [7, 11) is 0. The first-order chi connectivity index (χ1) is 9.74. The SMILES string of the molecule is CC1(C)C(N)C(C)(C)C1NC(=O)c1cc2ccccc2s1. The number of amides is 1. The fraction of sp³-hybridized carbons (Fsp3) is 0.471. The maximum Gasteiger partial charge on any atom is 0.261 e. The summed E-state index contributed by atoms with van der Waals surface area (Å²) in [6.07, 6.45) is 0. The number of thiophene rings is 1. The number of carbonyl (C=O) groups is 1. The van der Waals surface area contributed by atoms with E-state index in [4.69, 9.17) is 5.73 Å². The first-order valence-electron chi connectivity index (χ1n) is 7.29. The summed E-state index contributed by atoms with van der Waals surface area (Å²) in [4.78, 5) is 13.3. The van der Waals surface area contributed by atoms with E-state index in [1.807, 2.05) is 30.3 Å². The number of nitrogens with two attached hydrogens (primary N) is 1. The molecule has 21 heavy (non-hydrogen) atoms. The van der Waals surface area contributed by atoms with Gasteiger partial charge in [-0.25, -0.2) is 0 Å². The molecule has 1 aromatic heterocycles. The molecule has 3 N–H and O–H groups in total. The Morgan fingerprint density at radius 2 is 1.81 bits per heavy atom. The van der Waals surface area contributed by atoms with E-state index >= 15 is 0 Å². The van der Waals surface area contributed by atoms with Crippen molar-refractivity contribution in [3.05, 3.63) is 35.2 Å². The Balaban J connectivity index is 1.83. The molecule has 0 spiro atoms. The number of benzene rings is 1. The molecular formula is C17H22N2OS. The van der Waals surface area contributed by atoms with Crippen LogP contribution in [0.1, 0.15) is 37.4 Å². The third-order valence-corrected chi connectivity index (χ3v) is 6.13. The predicted molar refractivity (Wildman–Crippen MR) is 88.6 cm³/mol. The van der Waals surface area contributed by atoms with Crippen LogP contribution in [0.25, 0.3) is 10.1 Å². The van der Waals surface area contributed by atoms with E-state index in [0.717, 1.165) is 15.0 Å². The highest BCUT2D eigenvalue weighted by Crippen LogP contribution is 2.52. The fourth-order valence-electron chi connectivity index (χ4n) is 3.85. The summed E-state index contributed by atoms with van der Waals surface area (Å²) in [5, 5.41) is 4.32. The van der Waals surface area contributed by atoms with Crippen molar-refractivity contribution in [2.45, 2.75) is 39.8 Å². The zero-order valence-electron chi connectivity index (χ0n) is 12.9. The first-order valence-corrected chi connectivity index (χ1v) is 8.11. The van der Waals surface area contributed by atoms with E-state index in [0.29, 0.717) is 0 Å². The second-order valence-corrected chi connectivity index (χ2v) is 8.26. The van der Waals surface area contributed by atoms with Gasteiger partial charge in [0, 0.05) is 27.6 Å². The highest BCUT2D eigenvalue weighted by Gasteiger charge is 2.60. The third kappa shape index (κ3) is 2.09. The molecule has 3 nitrogen and oxygen atoms in total. The lowest BCUT2D eigenvalue weighted by Gasteiger charge is -2.62. The van der Waals surface area contributed by atoms with Crippen molar-refractivity contribution in [3.63, 3.8) is 0 Å². The Labute approximate surface area is 129 Å². The van der Waals surface area contributed by atoms with Crippen molar-refractivity contribution >= 4 is 27.3 Å². The van der Waals surface area contributed by atoms with Crippen LogP contribution >= 0.6 is 11.3 Å². The first kappa shape index (κ1) is 14.5. The largest absolute Gasteiger partial charge is 0.347 e. The summed E-state index contributed by atoms with van der Waals surface area (Å²) in [5.74, 6) is 0.00856. The van der Waals surface area contributed by atoms with Crippen molar-refractivity contribution in [2.24, 2.45) is 16.6 Å². The molecule has 0 bridgehead atoms. The molecular weight excluding hydrogens is 280 g/mol. The van der Waals surface area contributed by atoms with Gasteiger partial charge in [0.25, 0.3) is 5.91 Å². The number of hydrogen-bond acceptors (Lipinski definition) is 3. The molecule has 0 radical (unpaired) electrons. The molecule has 1 aliphatic carbocycles. The fourth-order valence-corrected chi connectivity index (χ4v) is 4.81. The number of hydrogen-bond donors (Lipinski definition) is 2. The summed E-state index contributed by atoms with van der Waals surface area (Å²) in [5.41, 5.74) is 6.10. The lowest BCUT2D eigenvalue weighted by atomic mass is 9.48. The summed E-state index contributed by atoms with van der Waals surface area (Å²) < 4.78 is 1.14. The topological polar surface area (TPSA) is 55.1 Å². The van der Waals surface area contributed by atoms with Gasteiger partial charge in [0.15, 0.2) is 0 Å². The molecule has 1 heterocycles. The second kappa shape index (κ2) is 4.55. The highest BCUT2D eigenvalue weighted by atomic mass is 32.1. The standard InChI is InChI=1S/C17H22N2OS/c1-16(2)14(18)17(3,4)15(16)19-13(20)12-9-10-7-5-6-8-11(10)21-12/h5-9,14-15H,18H2,1-4H3,(H,19,20). The number of nitrogens with one attached hydrogen (secondary N) is 1. The van der Waals surface area contributed by atoms with Crippen LogP contribution in [0.5, 0.6) is 0 Å². The van der Waals surface area contributed by atoms with Gasteiger partial charge in [0.05, 0.1) is 4.88 Å². The smallest absolute Gasteiger partial charge is 0.261 e. The van der Waals surface area contributed by atoms with Crippen molar-refractivity contribution in [1.82, 2.24) is 5.32 Å². The number of carbonyl (C=O) groups excluding carboxylic acids is 1. The van der Waals surface area contributed by atoms with Gasteiger partial charge in [0.1, 0.15) is 0 Å².